The number of nitrogens with one attached hydrogen (secondary N) is 1. The molecule has 0 spiro atoms. The number of carbonyl (C=O) groups excluding carboxylic acids is 2. The van der Waals surface area contributed by atoms with Gasteiger partial charge in [0.25, 0.3) is 0 Å². The first kappa shape index (κ1) is 13.7. The van der Waals surface area contributed by atoms with Crippen molar-refractivity contribution < 1.29 is 23.8 Å². The van der Waals surface area contributed by atoms with E-state index in [1.807, 2.05) is 0 Å². The van der Waals surface area contributed by atoms with E-state index in [0.717, 1.165) is 0 Å². The summed E-state index contributed by atoms with van der Waals surface area (Å²) >= 11 is 0. The summed E-state index contributed by atoms with van der Waals surface area (Å²) in [6.45, 7) is 3.04. The minimum Gasteiger partial charge on any atom is -0.469 e. The Labute approximate surface area is 88.9 Å². The van der Waals surface area contributed by atoms with E-state index in [1.165, 1.54) is 7.11 Å². The molecule has 0 atom stereocenters. The summed E-state index contributed by atoms with van der Waals surface area (Å²) in [5.74, 6) is -0.320. The monoisotopic (exact) mass is 219 g/mol. The molecular formula is C9H17NO5. The Hall–Kier alpha value is -1.30. The lowest BCUT2D eigenvalue weighted by Gasteiger charge is -2.05. The fourth-order valence-corrected chi connectivity index (χ4v) is 0.748. The Morgan fingerprint density at radius 2 is 1.93 bits per heavy atom. The van der Waals surface area contributed by atoms with Gasteiger partial charge in [0, 0.05) is 6.54 Å². The van der Waals surface area contributed by atoms with Crippen LogP contribution in [0.2, 0.25) is 0 Å². The number of esters is 1. The molecule has 1 N–H and O–H groups in total. The Kier molecular flexibility index (Phi) is 8.46. The average molecular weight is 219 g/mol. The summed E-state index contributed by atoms with van der Waals surface area (Å²) in [5.41, 5.74) is 0. The second-order valence-corrected chi connectivity index (χ2v) is 2.60. The minimum absolute atomic E-state index is 0.174. The predicted molar refractivity (Wildman–Crippen MR) is 52.5 cm³/mol. The largest absolute Gasteiger partial charge is 0.469 e. The van der Waals surface area contributed by atoms with Crippen LogP contribution in [0.15, 0.2) is 0 Å². The van der Waals surface area contributed by atoms with Gasteiger partial charge in [-0.1, -0.05) is 0 Å². The molecule has 0 aliphatic heterocycles. The second-order valence-electron chi connectivity index (χ2n) is 2.60. The van der Waals surface area contributed by atoms with Crippen molar-refractivity contribution in [2.75, 3.05) is 33.5 Å². The molecule has 0 radical (unpaired) electrons. The third kappa shape index (κ3) is 9.01. The van der Waals surface area contributed by atoms with Gasteiger partial charge in [-0.2, -0.15) is 0 Å². The van der Waals surface area contributed by atoms with Gasteiger partial charge >= 0.3 is 12.1 Å². The third-order valence-electron chi connectivity index (χ3n) is 1.46. The van der Waals surface area contributed by atoms with E-state index in [2.05, 4.69) is 10.1 Å². The highest BCUT2D eigenvalue weighted by molar-refractivity contribution is 5.69. The summed E-state index contributed by atoms with van der Waals surface area (Å²) in [5, 5.41) is 2.47. The summed E-state index contributed by atoms with van der Waals surface area (Å²) in [6.07, 6.45) is -0.258. The van der Waals surface area contributed by atoms with Gasteiger partial charge in [-0.25, -0.2) is 4.79 Å². The smallest absolute Gasteiger partial charge is 0.407 e. The van der Waals surface area contributed by atoms with Gasteiger partial charge in [-0.3, -0.25) is 4.79 Å². The summed E-state index contributed by atoms with van der Waals surface area (Å²) in [6, 6.07) is 0. The molecular weight excluding hydrogens is 202 g/mol. The van der Waals surface area contributed by atoms with Gasteiger partial charge in [-0.15, -0.1) is 0 Å². The number of alkyl carbamates (subject to hydrolysis) is 1. The molecule has 0 aromatic heterocycles. The van der Waals surface area contributed by atoms with Crippen molar-refractivity contribution in [1.82, 2.24) is 5.32 Å². The molecule has 0 saturated heterocycles. The first-order chi connectivity index (χ1) is 7.20. The lowest BCUT2D eigenvalue weighted by Crippen LogP contribution is -2.25. The normalized spacial score (nSPS) is 9.47. The maximum Gasteiger partial charge on any atom is 0.407 e. The number of amides is 1. The lowest BCUT2D eigenvalue weighted by molar-refractivity contribution is -0.141. The van der Waals surface area contributed by atoms with Crippen molar-refractivity contribution in [3.63, 3.8) is 0 Å². The van der Waals surface area contributed by atoms with Crippen LogP contribution in [0.25, 0.3) is 0 Å². The molecule has 6 heteroatoms. The van der Waals surface area contributed by atoms with Crippen molar-refractivity contribution in [2.24, 2.45) is 0 Å². The number of methoxy groups -OCH3 is 1. The average Bonchev–Trinajstić information content (AvgIpc) is 2.23. The number of hydrogen-bond donors (Lipinski definition) is 1. The minimum atomic E-state index is -0.464. The summed E-state index contributed by atoms with van der Waals surface area (Å²) in [4.78, 5) is 21.4. The second kappa shape index (κ2) is 9.26. The number of rotatable bonds is 7. The van der Waals surface area contributed by atoms with Crippen LogP contribution in [0.1, 0.15) is 13.3 Å². The van der Waals surface area contributed by atoms with E-state index in [-0.39, 0.29) is 32.2 Å². The van der Waals surface area contributed by atoms with Crippen LogP contribution >= 0.6 is 0 Å². The van der Waals surface area contributed by atoms with E-state index in [4.69, 9.17) is 9.47 Å². The first-order valence-corrected chi connectivity index (χ1v) is 4.75. The van der Waals surface area contributed by atoms with Crippen LogP contribution in [0.5, 0.6) is 0 Å². The highest BCUT2D eigenvalue weighted by Gasteiger charge is 2.00. The maximum atomic E-state index is 10.8. The molecule has 0 aromatic rings. The zero-order valence-electron chi connectivity index (χ0n) is 9.08. The van der Waals surface area contributed by atoms with E-state index in [0.29, 0.717) is 6.54 Å². The molecule has 0 fully saturated rings. The van der Waals surface area contributed by atoms with Crippen molar-refractivity contribution in [2.45, 2.75) is 13.3 Å². The highest BCUT2D eigenvalue weighted by Crippen LogP contribution is 1.87. The van der Waals surface area contributed by atoms with Crippen LogP contribution in [0, 0.1) is 0 Å². The molecule has 0 unspecified atom stereocenters. The molecule has 0 aromatic carbocycles. The Morgan fingerprint density at radius 3 is 2.53 bits per heavy atom. The van der Waals surface area contributed by atoms with Crippen LogP contribution in [-0.4, -0.2) is 45.5 Å². The number of hydrogen-bond acceptors (Lipinski definition) is 5. The molecule has 0 rings (SSSR count). The molecule has 0 heterocycles. The van der Waals surface area contributed by atoms with E-state index in [1.54, 1.807) is 6.92 Å². The molecule has 6 nitrogen and oxygen atoms in total. The Bertz CT molecular complexity index is 195. The van der Waals surface area contributed by atoms with Crippen LogP contribution in [0.4, 0.5) is 4.79 Å². The van der Waals surface area contributed by atoms with Gasteiger partial charge in [0.1, 0.15) is 6.61 Å². The fourth-order valence-electron chi connectivity index (χ4n) is 0.748. The molecule has 15 heavy (non-hydrogen) atoms. The summed E-state index contributed by atoms with van der Waals surface area (Å²) in [7, 11) is 1.32. The quantitative estimate of drug-likeness (QED) is 0.493. The first-order valence-electron chi connectivity index (χ1n) is 4.75. The Balaban J connectivity index is 3.18. The number of carbonyl (C=O) groups is 2. The molecule has 88 valence electrons. The maximum absolute atomic E-state index is 10.8. The molecule has 0 aliphatic carbocycles. The fraction of sp³-hybridized carbons (Fsp3) is 0.778. The standard InChI is InChI=1S/C9H17NO5/c1-3-10-9(12)15-7-6-14-5-4-8(11)13-2/h3-7H2,1-2H3,(H,10,12). The van der Waals surface area contributed by atoms with E-state index < -0.39 is 6.09 Å². The van der Waals surface area contributed by atoms with Crippen molar-refractivity contribution in [1.29, 1.82) is 0 Å². The van der Waals surface area contributed by atoms with Crippen molar-refractivity contribution in [3.05, 3.63) is 0 Å². The van der Waals surface area contributed by atoms with Gasteiger partial charge in [0.2, 0.25) is 0 Å². The molecule has 0 bridgehead atoms. The van der Waals surface area contributed by atoms with E-state index >= 15 is 0 Å². The topological polar surface area (TPSA) is 73.9 Å². The predicted octanol–water partition coefficient (Wildman–Crippen LogP) is 0.312. The van der Waals surface area contributed by atoms with Gasteiger partial charge in [-0.05, 0) is 6.92 Å². The number of ether oxygens (including phenoxy) is 3. The summed E-state index contributed by atoms with van der Waals surface area (Å²) < 4.78 is 14.2. The van der Waals surface area contributed by atoms with Crippen molar-refractivity contribution in [3.8, 4) is 0 Å². The highest BCUT2D eigenvalue weighted by atomic mass is 16.6. The zero-order chi connectivity index (χ0) is 11.5. The third-order valence-corrected chi connectivity index (χ3v) is 1.46. The Morgan fingerprint density at radius 1 is 1.20 bits per heavy atom. The van der Waals surface area contributed by atoms with Crippen LogP contribution < -0.4 is 5.32 Å². The van der Waals surface area contributed by atoms with Crippen molar-refractivity contribution >= 4 is 12.1 Å². The molecule has 1 amide bonds. The molecule has 0 aliphatic rings. The molecule has 0 saturated carbocycles. The van der Waals surface area contributed by atoms with Crippen LogP contribution in [-0.2, 0) is 19.0 Å². The van der Waals surface area contributed by atoms with Crippen LogP contribution in [0.3, 0.4) is 0 Å². The SMILES string of the molecule is CCNC(=O)OCCOCCC(=O)OC. The zero-order valence-corrected chi connectivity index (χ0v) is 9.08. The lowest BCUT2D eigenvalue weighted by atomic mass is 10.5. The van der Waals surface area contributed by atoms with Gasteiger partial charge in [0.15, 0.2) is 0 Å². The van der Waals surface area contributed by atoms with Gasteiger partial charge in [0.05, 0.1) is 26.7 Å². The van der Waals surface area contributed by atoms with E-state index in [9.17, 15) is 9.59 Å². The van der Waals surface area contributed by atoms with Gasteiger partial charge < -0.3 is 19.5 Å².